The van der Waals surface area contributed by atoms with E-state index in [2.05, 4.69) is 15.3 Å². The number of pyridine rings is 2. The van der Waals surface area contributed by atoms with Crippen molar-refractivity contribution in [2.24, 2.45) is 0 Å². The Hall–Kier alpha value is -3.18. The summed E-state index contributed by atoms with van der Waals surface area (Å²) in [4.78, 5) is 31.7. The van der Waals surface area contributed by atoms with Crippen molar-refractivity contribution in [3.05, 3.63) is 81.7 Å². The smallest absolute Gasteiger partial charge is 0.257 e. The molecule has 25 heavy (non-hydrogen) atoms. The number of benzene rings is 2. The SMILES string of the molecule is O=C(Nc1ccnc2[nH]c(=O)c3ccccc3c12)c1ccc(Cl)cc1. The van der Waals surface area contributed by atoms with Gasteiger partial charge in [-0.15, -0.1) is 0 Å². The Bertz CT molecular complexity index is 1170. The van der Waals surface area contributed by atoms with E-state index in [0.29, 0.717) is 32.7 Å². The zero-order valence-corrected chi connectivity index (χ0v) is 13.7. The van der Waals surface area contributed by atoms with Gasteiger partial charge in [-0.2, -0.15) is 0 Å². The first-order chi connectivity index (χ1) is 12.1. The van der Waals surface area contributed by atoms with Gasteiger partial charge in [0.05, 0.1) is 5.69 Å². The maximum absolute atomic E-state index is 12.5. The molecule has 4 aromatic rings. The first kappa shape index (κ1) is 15.4. The highest BCUT2D eigenvalue weighted by molar-refractivity contribution is 6.30. The molecule has 0 aliphatic carbocycles. The number of anilines is 1. The van der Waals surface area contributed by atoms with Crippen molar-refractivity contribution in [1.29, 1.82) is 0 Å². The molecule has 0 bridgehead atoms. The van der Waals surface area contributed by atoms with E-state index in [4.69, 9.17) is 11.6 Å². The number of carbonyl (C=O) groups is 1. The number of hydrogen-bond donors (Lipinski definition) is 2. The highest BCUT2D eigenvalue weighted by atomic mass is 35.5. The normalized spacial score (nSPS) is 10.9. The van der Waals surface area contributed by atoms with E-state index in [0.717, 1.165) is 5.39 Å². The summed E-state index contributed by atoms with van der Waals surface area (Å²) in [5.41, 5.74) is 1.29. The molecule has 122 valence electrons. The second kappa shape index (κ2) is 6.03. The van der Waals surface area contributed by atoms with Gasteiger partial charge in [0.1, 0.15) is 5.65 Å². The van der Waals surface area contributed by atoms with E-state index < -0.39 is 0 Å². The Balaban J connectivity index is 1.87. The van der Waals surface area contributed by atoms with Crippen molar-refractivity contribution in [3.8, 4) is 0 Å². The number of H-pyrrole nitrogens is 1. The van der Waals surface area contributed by atoms with Gasteiger partial charge in [0.15, 0.2) is 0 Å². The van der Waals surface area contributed by atoms with Crippen LogP contribution in [-0.2, 0) is 0 Å². The number of amides is 1. The molecule has 0 saturated carbocycles. The molecule has 0 fully saturated rings. The van der Waals surface area contributed by atoms with Crippen molar-refractivity contribution >= 4 is 45.0 Å². The van der Waals surface area contributed by atoms with E-state index >= 15 is 0 Å². The van der Waals surface area contributed by atoms with Gasteiger partial charge in [0.2, 0.25) is 0 Å². The molecule has 2 aromatic heterocycles. The van der Waals surface area contributed by atoms with Gasteiger partial charge in [0, 0.05) is 32.9 Å². The predicted molar refractivity (Wildman–Crippen MR) is 99.3 cm³/mol. The Morgan fingerprint density at radius 2 is 1.72 bits per heavy atom. The second-order valence-corrected chi connectivity index (χ2v) is 5.98. The topological polar surface area (TPSA) is 74.8 Å². The fourth-order valence-corrected chi connectivity index (χ4v) is 2.93. The fourth-order valence-electron chi connectivity index (χ4n) is 2.80. The molecule has 5 nitrogen and oxygen atoms in total. The van der Waals surface area contributed by atoms with Crippen LogP contribution in [0.4, 0.5) is 5.69 Å². The Kier molecular flexibility index (Phi) is 3.71. The first-order valence-corrected chi connectivity index (χ1v) is 7.98. The molecule has 0 spiro atoms. The molecule has 4 rings (SSSR count). The Morgan fingerprint density at radius 1 is 1.00 bits per heavy atom. The summed E-state index contributed by atoms with van der Waals surface area (Å²) in [7, 11) is 0. The third-order valence-corrected chi connectivity index (χ3v) is 4.23. The minimum absolute atomic E-state index is 0.211. The van der Waals surface area contributed by atoms with Crippen molar-refractivity contribution < 1.29 is 4.79 Å². The third-order valence-electron chi connectivity index (χ3n) is 3.98. The molecule has 0 saturated heterocycles. The summed E-state index contributed by atoms with van der Waals surface area (Å²) < 4.78 is 0. The van der Waals surface area contributed by atoms with Gasteiger partial charge in [-0.3, -0.25) is 9.59 Å². The van der Waals surface area contributed by atoms with E-state index in [9.17, 15) is 9.59 Å². The summed E-state index contributed by atoms with van der Waals surface area (Å²) in [6.07, 6.45) is 1.55. The average Bonchev–Trinajstić information content (AvgIpc) is 2.62. The summed E-state index contributed by atoms with van der Waals surface area (Å²) in [5.74, 6) is -0.264. The zero-order chi connectivity index (χ0) is 17.4. The number of aromatic nitrogens is 2. The summed E-state index contributed by atoms with van der Waals surface area (Å²) in [5, 5.41) is 5.43. The number of fused-ring (bicyclic) bond motifs is 3. The lowest BCUT2D eigenvalue weighted by molar-refractivity contribution is 0.102. The van der Waals surface area contributed by atoms with Crippen LogP contribution < -0.4 is 10.9 Å². The van der Waals surface area contributed by atoms with Crippen LogP contribution in [0.5, 0.6) is 0 Å². The maximum atomic E-state index is 12.5. The number of nitrogens with zero attached hydrogens (tertiary/aromatic N) is 1. The van der Waals surface area contributed by atoms with Crippen LogP contribution in [-0.4, -0.2) is 15.9 Å². The van der Waals surface area contributed by atoms with E-state index in [1.54, 1.807) is 48.7 Å². The van der Waals surface area contributed by atoms with E-state index in [-0.39, 0.29) is 11.5 Å². The molecule has 0 atom stereocenters. The molecular weight excluding hydrogens is 338 g/mol. The van der Waals surface area contributed by atoms with Crippen molar-refractivity contribution in [3.63, 3.8) is 0 Å². The number of carbonyl (C=O) groups excluding carboxylic acids is 1. The fraction of sp³-hybridized carbons (Fsp3) is 0. The van der Waals surface area contributed by atoms with Crippen molar-refractivity contribution in [1.82, 2.24) is 9.97 Å². The van der Waals surface area contributed by atoms with Gasteiger partial charge >= 0.3 is 0 Å². The molecule has 1 amide bonds. The summed E-state index contributed by atoms with van der Waals surface area (Å²) in [6, 6.07) is 15.6. The molecule has 2 heterocycles. The molecule has 0 aliphatic heterocycles. The van der Waals surface area contributed by atoms with Gasteiger partial charge in [-0.1, -0.05) is 29.8 Å². The van der Waals surface area contributed by atoms with Crippen LogP contribution >= 0.6 is 11.6 Å². The molecule has 6 heteroatoms. The molecule has 0 aliphatic rings. The molecule has 0 unspecified atom stereocenters. The summed E-state index contributed by atoms with van der Waals surface area (Å²) in [6.45, 7) is 0. The van der Waals surface area contributed by atoms with Crippen LogP contribution in [0.2, 0.25) is 5.02 Å². The zero-order valence-electron chi connectivity index (χ0n) is 12.9. The first-order valence-electron chi connectivity index (χ1n) is 7.60. The maximum Gasteiger partial charge on any atom is 0.257 e. The number of nitrogens with one attached hydrogen (secondary N) is 2. The van der Waals surface area contributed by atoms with Crippen LogP contribution in [0.25, 0.3) is 21.8 Å². The van der Waals surface area contributed by atoms with Crippen LogP contribution in [0.3, 0.4) is 0 Å². The minimum atomic E-state index is -0.264. The lowest BCUT2D eigenvalue weighted by Crippen LogP contribution is -2.13. The lowest BCUT2D eigenvalue weighted by Gasteiger charge is -2.10. The minimum Gasteiger partial charge on any atom is -0.321 e. The van der Waals surface area contributed by atoms with Gasteiger partial charge < -0.3 is 10.3 Å². The molecule has 0 radical (unpaired) electrons. The Labute approximate surface area is 147 Å². The van der Waals surface area contributed by atoms with Crippen molar-refractivity contribution in [2.45, 2.75) is 0 Å². The number of hydrogen-bond acceptors (Lipinski definition) is 3. The molecule has 2 N–H and O–H groups in total. The van der Waals surface area contributed by atoms with Gasteiger partial charge in [0.25, 0.3) is 11.5 Å². The van der Waals surface area contributed by atoms with Gasteiger partial charge in [-0.25, -0.2) is 4.98 Å². The average molecular weight is 350 g/mol. The highest BCUT2D eigenvalue weighted by Gasteiger charge is 2.13. The van der Waals surface area contributed by atoms with Crippen LogP contribution in [0.1, 0.15) is 10.4 Å². The quantitative estimate of drug-likeness (QED) is 0.537. The second-order valence-electron chi connectivity index (χ2n) is 5.54. The standard InChI is InChI=1S/C19H12ClN3O2/c20-12-7-5-11(6-8-12)18(24)22-15-9-10-21-17-16(15)13-3-1-2-4-14(13)19(25)23-17/h1-10H,(H2,21,22,23,24,25). The summed E-state index contributed by atoms with van der Waals surface area (Å²) >= 11 is 5.86. The van der Waals surface area contributed by atoms with E-state index in [1.165, 1.54) is 0 Å². The van der Waals surface area contributed by atoms with Crippen LogP contribution in [0.15, 0.2) is 65.6 Å². The van der Waals surface area contributed by atoms with Crippen LogP contribution in [0, 0.1) is 0 Å². The third kappa shape index (κ3) is 2.75. The molecular formula is C19H12ClN3O2. The lowest BCUT2D eigenvalue weighted by atomic mass is 10.1. The van der Waals surface area contributed by atoms with Crippen molar-refractivity contribution in [2.75, 3.05) is 5.32 Å². The van der Waals surface area contributed by atoms with E-state index in [1.807, 2.05) is 12.1 Å². The predicted octanol–water partition coefficient (Wildman–Crippen LogP) is 3.98. The number of aromatic amines is 1. The number of rotatable bonds is 2. The van der Waals surface area contributed by atoms with Gasteiger partial charge in [-0.05, 0) is 36.4 Å². The highest BCUT2D eigenvalue weighted by Crippen LogP contribution is 2.27. The number of halogens is 1. The largest absolute Gasteiger partial charge is 0.321 e. The monoisotopic (exact) mass is 349 g/mol. The molecule has 2 aromatic carbocycles. The Morgan fingerprint density at radius 3 is 2.48 bits per heavy atom.